The Kier molecular flexibility index (Phi) is 9.89. The van der Waals surface area contributed by atoms with Crippen molar-refractivity contribution in [1.82, 2.24) is 4.90 Å². The third-order valence-corrected chi connectivity index (χ3v) is 13.4. The molecule has 0 heterocycles. The van der Waals surface area contributed by atoms with E-state index in [1.807, 2.05) is 37.2 Å². The summed E-state index contributed by atoms with van der Waals surface area (Å²) in [4.78, 5) is 43.7. The molecule has 0 unspecified atom stereocenters. The lowest BCUT2D eigenvalue weighted by Crippen LogP contribution is -2.68. The fraction of sp³-hybridized carbons (Fsp3) is 0.268. The molecule has 4 aromatic rings. The molecular formula is C41H41N5O10S2. The number of nitrogens with two attached hydrogens (primary N) is 1. The van der Waals surface area contributed by atoms with Crippen molar-refractivity contribution in [2.45, 2.75) is 40.4 Å². The number of Topliss-reactive ketones (excluding diaryl/α,β-unsaturated/α-hetero) is 2. The molecule has 302 valence electrons. The zero-order valence-corrected chi connectivity index (χ0v) is 33.5. The van der Waals surface area contributed by atoms with E-state index in [1.54, 1.807) is 25.1 Å². The van der Waals surface area contributed by atoms with E-state index in [0.29, 0.717) is 5.69 Å². The molecule has 0 bridgehead atoms. The molecule has 0 aliphatic heterocycles. The van der Waals surface area contributed by atoms with E-state index in [1.165, 1.54) is 55.4 Å². The summed E-state index contributed by atoms with van der Waals surface area (Å²) in [5.74, 6) is -10.0. The number of aliphatic hydroxyl groups excluding tert-OH is 3. The Morgan fingerprint density at radius 3 is 2.19 bits per heavy atom. The summed E-state index contributed by atoms with van der Waals surface area (Å²) in [5.41, 5.74) is 2.12. The number of thiocarbonyl (C=S) groups is 1. The van der Waals surface area contributed by atoms with Crippen LogP contribution < -0.4 is 21.3 Å². The monoisotopic (exact) mass is 827 g/mol. The average Bonchev–Trinajstić information content (AvgIpc) is 3.16. The van der Waals surface area contributed by atoms with Gasteiger partial charge in [-0.3, -0.25) is 19.3 Å². The van der Waals surface area contributed by atoms with Crippen molar-refractivity contribution in [1.29, 1.82) is 0 Å². The van der Waals surface area contributed by atoms with Gasteiger partial charge in [0, 0.05) is 42.3 Å². The van der Waals surface area contributed by atoms with E-state index < -0.39 is 91.2 Å². The number of rotatable bonds is 7. The average molecular weight is 828 g/mol. The zero-order valence-electron chi connectivity index (χ0n) is 31.9. The van der Waals surface area contributed by atoms with Crippen LogP contribution in [-0.4, -0.2) is 107 Å². The maximum absolute atomic E-state index is 14.2. The van der Waals surface area contributed by atoms with Gasteiger partial charge in [-0.05, 0) is 91.7 Å². The molecule has 4 aromatic carbocycles. The van der Waals surface area contributed by atoms with E-state index in [-0.39, 0.29) is 31.7 Å². The van der Waals surface area contributed by atoms with Crippen LogP contribution in [0.5, 0.6) is 5.75 Å². The lowest BCUT2D eigenvalue weighted by Gasteiger charge is -2.53. The molecule has 0 saturated carbocycles. The maximum Gasteiger partial charge on any atom is 0.255 e. The highest BCUT2D eigenvalue weighted by Crippen LogP contribution is 2.56. The summed E-state index contributed by atoms with van der Waals surface area (Å²) in [7, 11) is 2.86. The number of hydrogen-bond donors (Lipinski definition) is 8. The Morgan fingerprint density at radius 1 is 0.914 bits per heavy atom. The van der Waals surface area contributed by atoms with Crippen molar-refractivity contribution in [2.24, 2.45) is 17.6 Å². The molecule has 0 aromatic heterocycles. The molecule has 3 aliphatic rings. The maximum atomic E-state index is 14.2. The first-order valence-electron chi connectivity index (χ1n) is 18.0. The lowest BCUT2D eigenvalue weighted by molar-refractivity contribution is -0.162. The third-order valence-electron chi connectivity index (χ3n) is 11.4. The second kappa shape index (κ2) is 14.2. The topological polar surface area (TPSA) is 243 Å². The summed E-state index contributed by atoms with van der Waals surface area (Å²) in [6, 6.07) is 18.1. The standard InChI is InChI=1S/C41H41N5O10S2/c1-18-23-15-16-25(44-40(57)43-20-9-11-21(12-10-20)58(55,56)22-13-14-24-19(17-22)7-6-8-26(24)45(2)3)33(47)28(23)34(48)29-27(18)35(49)31-32(46(4)5)36(50)30(39(42)53)38(52)41(31,54)37(29)51/h6-18,27,31-32,35,47,49-51,54H,1-5H3,(H2,42,53)(H2,43,44,57)/t18-,27+,31+,32-,35-,41-/m0/s1. The van der Waals surface area contributed by atoms with E-state index >= 15 is 0 Å². The zero-order chi connectivity index (χ0) is 42.3. The van der Waals surface area contributed by atoms with Crippen molar-refractivity contribution in [3.05, 3.63) is 107 Å². The summed E-state index contributed by atoms with van der Waals surface area (Å²) >= 11 is 5.47. The number of aromatic hydroxyl groups is 1. The number of phenolic OH excluding ortho intramolecular Hbond substituents is 1. The Balaban J connectivity index is 1.15. The molecule has 3 aliphatic carbocycles. The fourth-order valence-corrected chi connectivity index (χ4v) is 10.2. The van der Waals surface area contributed by atoms with Crippen LogP contribution in [-0.2, 0) is 19.4 Å². The summed E-state index contributed by atoms with van der Waals surface area (Å²) in [5, 5.41) is 65.2. The molecule has 6 atom stereocenters. The minimum Gasteiger partial charge on any atom is -0.510 e. The summed E-state index contributed by atoms with van der Waals surface area (Å²) in [6.45, 7) is 1.63. The van der Waals surface area contributed by atoms with Gasteiger partial charge in [-0.25, -0.2) is 8.42 Å². The number of likely N-dealkylation sites (N-methyl/N-ethyl adjacent to an activating group) is 1. The second-order valence-corrected chi connectivity index (χ2v) is 17.5. The van der Waals surface area contributed by atoms with Gasteiger partial charge in [0.05, 0.1) is 39.1 Å². The number of anilines is 3. The number of ketones is 2. The molecule has 15 nitrogen and oxygen atoms in total. The smallest absolute Gasteiger partial charge is 0.255 e. The summed E-state index contributed by atoms with van der Waals surface area (Å²) < 4.78 is 27.2. The van der Waals surface area contributed by atoms with Crippen molar-refractivity contribution in [2.75, 3.05) is 43.7 Å². The number of phenols is 1. The van der Waals surface area contributed by atoms with E-state index in [2.05, 4.69) is 10.6 Å². The third kappa shape index (κ3) is 6.00. The number of sulfone groups is 1. The lowest BCUT2D eigenvalue weighted by atomic mass is 9.55. The molecule has 0 saturated heterocycles. The van der Waals surface area contributed by atoms with Crippen LogP contribution in [0, 0.1) is 11.8 Å². The number of hydrogen-bond acceptors (Lipinski definition) is 13. The number of fused-ring (bicyclic) bond motifs is 4. The Labute approximate surface area is 338 Å². The molecule has 0 radical (unpaired) electrons. The molecule has 0 spiro atoms. The first kappa shape index (κ1) is 40.4. The number of nitrogens with one attached hydrogen (secondary N) is 2. The van der Waals surface area contributed by atoms with Crippen LogP contribution in [0.25, 0.3) is 10.8 Å². The van der Waals surface area contributed by atoms with Gasteiger partial charge in [-0.15, -0.1) is 0 Å². The molecule has 0 fully saturated rings. The SMILES string of the molecule is C[C@H]1c2ccc(NC(=S)Nc3ccc(S(=O)(=O)c4ccc5c(N(C)C)cccc5c4)cc3)c(O)c2C(=O)C2=C(O)[C@]3(O)C(=O)C(C(N)=O)=C(O)[C@@H](N(C)C)[C@@H]3[C@@H](O)[C@@H]21. The van der Waals surface area contributed by atoms with Crippen molar-refractivity contribution >= 4 is 72.5 Å². The number of primary amides is 1. The van der Waals surface area contributed by atoms with Gasteiger partial charge in [-0.1, -0.05) is 31.2 Å². The molecule has 9 N–H and O–H groups in total. The van der Waals surface area contributed by atoms with Crippen molar-refractivity contribution in [3.63, 3.8) is 0 Å². The van der Waals surface area contributed by atoms with Gasteiger partial charge in [0.15, 0.2) is 22.2 Å². The first-order chi connectivity index (χ1) is 27.2. The van der Waals surface area contributed by atoms with Gasteiger partial charge in [0.25, 0.3) is 5.91 Å². The molecular weight excluding hydrogens is 787 g/mol. The Bertz CT molecular complexity index is 2640. The Hall–Kier alpha value is -5.85. The highest BCUT2D eigenvalue weighted by molar-refractivity contribution is 7.91. The van der Waals surface area contributed by atoms with Crippen LogP contribution in [0.4, 0.5) is 17.1 Å². The Morgan fingerprint density at radius 2 is 1.57 bits per heavy atom. The minimum atomic E-state index is -3.89. The second-order valence-electron chi connectivity index (χ2n) is 15.1. The number of amides is 1. The van der Waals surface area contributed by atoms with E-state index in [9.17, 15) is 48.3 Å². The van der Waals surface area contributed by atoms with Crippen LogP contribution in [0.15, 0.2) is 105 Å². The van der Waals surface area contributed by atoms with Gasteiger partial charge in [0.2, 0.25) is 15.6 Å². The van der Waals surface area contributed by atoms with Crippen molar-refractivity contribution in [3.8, 4) is 5.75 Å². The highest BCUT2D eigenvalue weighted by atomic mass is 32.2. The largest absolute Gasteiger partial charge is 0.510 e. The van der Waals surface area contributed by atoms with Gasteiger partial charge < -0.3 is 46.8 Å². The number of carbonyl (C=O) groups excluding carboxylic acids is 3. The first-order valence-corrected chi connectivity index (χ1v) is 19.9. The highest BCUT2D eigenvalue weighted by Gasteiger charge is 2.67. The van der Waals surface area contributed by atoms with Crippen LogP contribution >= 0.6 is 12.2 Å². The predicted molar refractivity (Wildman–Crippen MR) is 220 cm³/mol. The summed E-state index contributed by atoms with van der Waals surface area (Å²) in [6.07, 6.45) is -1.72. The molecule has 17 heteroatoms. The molecule has 1 amide bonds. The number of nitrogens with zero attached hydrogens (tertiary/aromatic N) is 2. The van der Waals surface area contributed by atoms with E-state index in [4.69, 9.17) is 18.0 Å². The van der Waals surface area contributed by atoms with E-state index in [0.717, 1.165) is 16.5 Å². The van der Waals surface area contributed by atoms with Gasteiger partial charge in [-0.2, -0.15) is 0 Å². The number of carbonyl (C=O) groups is 3. The quantitative estimate of drug-likeness (QED) is 0.0755. The number of aliphatic hydroxyl groups is 4. The molecule has 7 rings (SSSR count). The fourth-order valence-electron chi connectivity index (χ4n) is 8.66. The normalized spacial score (nSPS) is 24.3. The van der Waals surface area contributed by atoms with Gasteiger partial charge >= 0.3 is 0 Å². The van der Waals surface area contributed by atoms with Crippen molar-refractivity contribution < 1.29 is 48.3 Å². The van der Waals surface area contributed by atoms with Crippen LogP contribution in [0.2, 0.25) is 0 Å². The minimum absolute atomic E-state index is 0.0403. The number of benzene rings is 4. The van der Waals surface area contributed by atoms with Crippen LogP contribution in [0.1, 0.15) is 28.8 Å². The van der Waals surface area contributed by atoms with Crippen LogP contribution in [0.3, 0.4) is 0 Å². The molecule has 58 heavy (non-hydrogen) atoms. The predicted octanol–water partition coefficient (Wildman–Crippen LogP) is 3.51. The van der Waals surface area contributed by atoms with Gasteiger partial charge in [0.1, 0.15) is 17.1 Å².